The van der Waals surface area contributed by atoms with Crippen molar-refractivity contribution in [3.63, 3.8) is 0 Å². The smallest absolute Gasteiger partial charge is 0.135 e. The normalized spacial score (nSPS) is 11.9. The average Bonchev–Trinajstić information content (AvgIpc) is 2.87. The van der Waals surface area contributed by atoms with Crippen molar-refractivity contribution in [2.75, 3.05) is 49.4 Å². The minimum Gasteiger partial charge on any atom is -0.492 e. The van der Waals surface area contributed by atoms with Crippen molar-refractivity contribution in [2.45, 2.75) is 51.9 Å². The van der Waals surface area contributed by atoms with E-state index in [2.05, 4.69) is 63.2 Å². The predicted octanol–water partition coefficient (Wildman–Crippen LogP) is 7.06. The van der Waals surface area contributed by atoms with Crippen LogP contribution in [0.25, 0.3) is 21.5 Å². The number of hydrogen-bond donors (Lipinski definition) is 2. The number of aliphatic hydroxyl groups excluding tert-OH is 2. The molecule has 0 radical (unpaired) electrons. The number of fused-ring (bicyclic) bond motifs is 2. The van der Waals surface area contributed by atoms with Crippen LogP contribution in [0.2, 0.25) is 0 Å². The number of aliphatic hydroxyl groups is 2. The minimum absolute atomic E-state index is 0.0360. The molecule has 0 amide bonds. The van der Waals surface area contributed by atoms with Crippen LogP contribution in [0, 0.1) is 0 Å². The Bertz CT molecular complexity index is 1080. The third-order valence-electron chi connectivity index (χ3n) is 6.12. The lowest BCUT2D eigenvalue weighted by Gasteiger charge is -2.22. The molecule has 198 valence electrons. The van der Waals surface area contributed by atoms with Gasteiger partial charge in [-0.15, -0.1) is 0 Å². The summed E-state index contributed by atoms with van der Waals surface area (Å²) < 4.78 is 13.0. The fourth-order valence-electron chi connectivity index (χ4n) is 4.17. The molecule has 2 N–H and O–H groups in total. The van der Waals surface area contributed by atoms with Crippen LogP contribution in [0.1, 0.15) is 52.0 Å². The van der Waals surface area contributed by atoms with Gasteiger partial charge in [0.05, 0.1) is 26.4 Å². The van der Waals surface area contributed by atoms with Crippen molar-refractivity contribution in [2.24, 2.45) is 0 Å². The topological polar surface area (TPSA) is 58.9 Å². The lowest BCUT2D eigenvalue weighted by Crippen LogP contribution is -2.11. The predicted molar refractivity (Wildman–Crippen MR) is 158 cm³/mol. The molecule has 0 heterocycles. The molecule has 0 bridgehead atoms. The van der Waals surface area contributed by atoms with Gasteiger partial charge in [0.15, 0.2) is 0 Å². The van der Waals surface area contributed by atoms with Gasteiger partial charge in [-0.05, 0) is 54.2 Å². The average molecular weight is 531 g/mol. The molecule has 0 atom stereocenters. The summed E-state index contributed by atoms with van der Waals surface area (Å²) in [4.78, 5) is 0. The molecule has 0 aliphatic carbocycles. The molecule has 4 nitrogen and oxygen atoms in total. The standard InChI is InChI=1S/C30H42O4S2/c1-30(2,3)23-12-13-26-27(22-23)29(34-17-7-9-19-36-21-15-32)25-11-5-4-10-24(25)28(26)33-16-6-8-18-35-20-14-31/h4-5,10-13,22,31-32H,6-9,14-21H2,1-3H3. The molecule has 0 aliphatic rings. The zero-order valence-corrected chi connectivity index (χ0v) is 23.7. The molecule has 0 aliphatic heterocycles. The third kappa shape index (κ3) is 8.20. The van der Waals surface area contributed by atoms with Gasteiger partial charge in [0.2, 0.25) is 0 Å². The molecule has 0 fully saturated rings. The second kappa shape index (κ2) is 15.0. The van der Waals surface area contributed by atoms with Crippen LogP contribution in [0.15, 0.2) is 42.5 Å². The summed E-state index contributed by atoms with van der Waals surface area (Å²) in [7, 11) is 0. The second-order valence-electron chi connectivity index (χ2n) is 10.00. The van der Waals surface area contributed by atoms with Gasteiger partial charge in [0.1, 0.15) is 11.5 Å². The van der Waals surface area contributed by atoms with Gasteiger partial charge in [-0.25, -0.2) is 0 Å². The Kier molecular flexibility index (Phi) is 12.0. The fraction of sp³-hybridized carbons (Fsp3) is 0.533. The molecule has 0 saturated carbocycles. The zero-order valence-electron chi connectivity index (χ0n) is 22.1. The van der Waals surface area contributed by atoms with E-state index in [1.807, 2.05) is 0 Å². The Morgan fingerprint density at radius 3 is 1.64 bits per heavy atom. The van der Waals surface area contributed by atoms with Crippen LogP contribution < -0.4 is 9.47 Å². The van der Waals surface area contributed by atoms with Gasteiger partial charge in [-0.1, -0.05) is 57.2 Å². The highest BCUT2D eigenvalue weighted by Crippen LogP contribution is 2.44. The molecule has 6 heteroatoms. The maximum absolute atomic E-state index is 8.97. The summed E-state index contributed by atoms with van der Waals surface area (Å²) in [6.07, 6.45) is 4.12. The highest BCUT2D eigenvalue weighted by molar-refractivity contribution is 7.99. The Hall–Kier alpha value is -1.60. The molecular formula is C30H42O4S2. The number of rotatable bonds is 16. The summed E-state index contributed by atoms with van der Waals surface area (Å²) >= 11 is 3.58. The second-order valence-corrected chi connectivity index (χ2v) is 12.4. The minimum atomic E-state index is 0.0360. The van der Waals surface area contributed by atoms with Gasteiger partial charge in [0.25, 0.3) is 0 Å². The molecule has 3 aromatic rings. The maximum Gasteiger partial charge on any atom is 0.135 e. The molecular weight excluding hydrogens is 488 g/mol. The Balaban J connectivity index is 1.88. The first-order chi connectivity index (χ1) is 17.5. The monoisotopic (exact) mass is 530 g/mol. The van der Waals surface area contributed by atoms with Crippen molar-refractivity contribution < 1.29 is 19.7 Å². The van der Waals surface area contributed by atoms with Gasteiger partial charge in [-0.2, -0.15) is 23.5 Å². The molecule has 3 aromatic carbocycles. The van der Waals surface area contributed by atoms with Crippen LogP contribution in [0.5, 0.6) is 11.5 Å². The van der Waals surface area contributed by atoms with Gasteiger partial charge >= 0.3 is 0 Å². The quantitative estimate of drug-likeness (QED) is 0.153. The zero-order chi connectivity index (χ0) is 25.8. The maximum atomic E-state index is 8.97. The summed E-state index contributed by atoms with van der Waals surface area (Å²) in [6.45, 7) is 8.55. The van der Waals surface area contributed by atoms with E-state index in [-0.39, 0.29) is 18.6 Å². The molecule has 0 aromatic heterocycles. The highest BCUT2D eigenvalue weighted by Gasteiger charge is 2.20. The van der Waals surface area contributed by atoms with Crippen molar-refractivity contribution in [3.8, 4) is 11.5 Å². The lowest BCUT2D eigenvalue weighted by molar-refractivity contribution is 0.311. The van der Waals surface area contributed by atoms with E-state index in [4.69, 9.17) is 19.7 Å². The molecule has 36 heavy (non-hydrogen) atoms. The Labute approximate surface area is 225 Å². The Morgan fingerprint density at radius 1 is 0.639 bits per heavy atom. The van der Waals surface area contributed by atoms with Crippen LogP contribution in [0.3, 0.4) is 0 Å². The lowest BCUT2D eigenvalue weighted by atomic mass is 9.85. The van der Waals surface area contributed by atoms with Crippen molar-refractivity contribution in [3.05, 3.63) is 48.0 Å². The Morgan fingerprint density at radius 2 is 1.14 bits per heavy atom. The summed E-state index contributed by atoms with van der Waals surface area (Å²) in [5.74, 6) is 5.58. The highest BCUT2D eigenvalue weighted by atomic mass is 32.2. The van der Waals surface area contributed by atoms with E-state index in [1.165, 1.54) is 5.56 Å². The van der Waals surface area contributed by atoms with E-state index in [9.17, 15) is 0 Å². The number of hydrogen-bond acceptors (Lipinski definition) is 6. The van der Waals surface area contributed by atoms with Crippen LogP contribution in [-0.4, -0.2) is 59.7 Å². The first-order valence-corrected chi connectivity index (χ1v) is 15.4. The van der Waals surface area contributed by atoms with E-state index < -0.39 is 0 Å². The number of unbranched alkanes of at least 4 members (excludes halogenated alkanes) is 2. The summed E-state index contributed by atoms with van der Waals surface area (Å²) in [6, 6.07) is 15.1. The van der Waals surface area contributed by atoms with Crippen LogP contribution in [0.4, 0.5) is 0 Å². The van der Waals surface area contributed by atoms with E-state index in [0.717, 1.165) is 81.7 Å². The summed E-state index contributed by atoms with van der Waals surface area (Å²) in [5, 5.41) is 22.3. The van der Waals surface area contributed by atoms with Gasteiger partial charge in [0, 0.05) is 33.1 Å². The van der Waals surface area contributed by atoms with E-state index >= 15 is 0 Å². The number of thioether (sulfide) groups is 2. The molecule has 3 rings (SSSR count). The van der Waals surface area contributed by atoms with E-state index in [1.54, 1.807) is 23.5 Å². The molecule has 0 saturated heterocycles. The SMILES string of the molecule is CC(C)(C)c1ccc2c(OCCCCSCCO)c3ccccc3c(OCCCCSCCO)c2c1. The first kappa shape index (κ1) is 29.0. The van der Waals surface area contributed by atoms with Crippen molar-refractivity contribution in [1.82, 2.24) is 0 Å². The number of benzene rings is 3. The third-order valence-corrected chi connectivity index (χ3v) is 8.22. The molecule has 0 spiro atoms. The largest absolute Gasteiger partial charge is 0.492 e. The molecule has 0 unspecified atom stereocenters. The van der Waals surface area contributed by atoms with E-state index in [0.29, 0.717) is 13.2 Å². The first-order valence-electron chi connectivity index (χ1n) is 13.1. The fourth-order valence-corrected chi connectivity index (χ4v) is 5.65. The van der Waals surface area contributed by atoms with Crippen LogP contribution in [-0.2, 0) is 5.41 Å². The number of ether oxygens (including phenoxy) is 2. The van der Waals surface area contributed by atoms with Crippen molar-refractivity contribution in [1.29, 1.82) is 0 Å². The van der Waals surface area contributed by atoms with Crippen LogP contribution >= 0.6 is 23.5 Å². The summed E-state index contributed by atoms with van der Waals surface area (Å²) in [5.41, 5.74) is 1.32. The van der Waals surface area contributed by atoms with Gasteiger partial charge in [-0.3, -0.25) is 0 Å². The van der Waals surface area contributed by atoms with Crippen molar-refractivity contribution >= 4 is 45.1 Å². The van der Waals surface area contributed by atoms with Gasteiger partial charge < -0.3 is 19.7 Å².